The highest BCUT2D eigenvalue weighted by atomic mass is 19.4. The van der Waals surface area contributed by atoms with Crippen molar-refractivity contribution in [3.8, 4) is 11.3 Å². The van der Waals surface area contributed by atoms with Gasteiger partial charge in [-0.2, -0.15) is 13.2 Å². The van der Waals surface area contributed by atoms with Gasteiger partial charge < -0.3 is 10.3 Å². The molecule has 1 amide bonds. The van der Waals surface area contributed by atoms with Gasteiger partial charge in [0.05, 0.1) is 17.4 Å². The lowest BCUT2D eigenvalue weighted by molar-refractivity contribution is -0.137. The molecule has 118 valence electrons. The predicted molar refractivity (Wildman–Crippen MR) is 80.8 cm³/mol. The number of aromatic nitrogens is 2. The zero-order valence-electron chi connectivity index (χ0n) is 12.0. The summed E-state index contributed by atoms with van der Waals surface area (Å²) in [4.78, 5) is 18.3. The molecule has 0 radical (unpaired) electrons. The number of anilines is 1. The van der Waals surface area contributed by atoms with E-state index in [1.807, 2.05) is 0 Å². The van der Waals surface area contributed by atoms with Crippen LogP contribution in [-0.2, 0) is 11.0 Å². The van der Waals surface area contributed by atoms with E-state index in [0.29, 0.717) is 27.8 Å². The van der Waals surface area contributed by atoms with Crippen LogP contribution in [0.2, 0.25) is 0 Å². The van der Waals surface area contributed by atoms with Gasteiger partial charge in [0, 0.05) is 35.3 Å². The van der Waals surface area contributed by atoms with Crippen LogP contribution in [0.25, 0.3) is 22.2 Å². The Bertz CT molecular complexity index is 884. The molecule has 2 N–H and O–H groups in total. The lowest BCUT2D eigenvalue weighted by Gasteiger charge is -2.07. The lowest BCUT2D eigenvalue weighted by Crippen LogP contribution is -2.07. The molecule has 0 aliphatic rings. The van der Waals surface area contributed by atoms with E-state index in [2.05, 4.69) is 15.3 Å². The molecule has 0 bridgehead atoms. The van der Waals surface area contributed by atoms with Gasteiger partial charge in [0.2, 0.25) is 5.91 Å². The predicted octanol–water partition coefficient (Wildman–Crippen LogP) is 4.21. The fourth-order valence-electron chi connectivity index (χ4n) is 2.37. The fraction of sp³-hybridized carbons (Fsp3) is 0.125. The first-order valence-electron chi connectivity index (χ1n) is 6.76. The van der Waals surface area contributed by atoms with Crippen LogP contribution in [0.15, 0.2) is 42.7 Å². The minimum Gasteiger partial charge on any atom is -0.354 e. The van der Waals surface area contributed by atoms with Gasteiger partial charge in [0.15, 0.2) is 0 Å². The summed E-state index contributed by atoms with van der Waals surface area (Å²) >= 11 is 0. The second-order valence-electron chi connectivity index (χ2n) is 5.09. The molecule has 3 rings (SSSR count). The van der Waals surface area contributed by atoms with Gasteiger partial charge in [0.25, 0.3) is 0 Å². The third kappa shape index (κ3) is 3.03. The van der Waals surface area contributed by atoms with E-state index in [4.69, 9.17) is 0 Å². The molecule has 0 fully saturated rings. The topological polar surface area (TPSA) is 57.8 Å². The molecule has 0 aliphatic carbocycles. The highest BCUT2D eigenvalue weighted by Crippen LogP contribution is 2.34. The van der Waals surface area contributed by atoms with Gasteiger partial charge in [-0.15, -0.1) is 0 Å². The second-order valence-corrected chi connectivity index (χ2v) is 5.09. The van der Waals surface area contributed by atoms with Crippen LogP contribution in [0.3, 0.4) is 0 Å². The molecule has 2 aromatic heterocycles. The van der Waals surface area contributed by atoms with Crippen molar-refractivity contribution in [1.29, 1.82) is 0 Å². The number of benzene rings is 1. The van der Waals surface area contributed by atoms with Crippen LogP contribution in [0.1, 0.15) is 12.5 Å². The number of hydrogen-bond donors (Lipinski definition) is 2. The molecule has 0 unspecified atom stereocenters. The van der Waals surface area contributed by atoms with Crippen LogP contribution < -0.4 is 5.32 Å². The van der Waals surface area contributed by atoms with Crippen molar-refractivity contribution in [3.63, 3.8) is 0 Å². The molecule has 4 nitrogen and oxygen atoms in total. The van der Waals surface area contributed by atoms with E-state index in [1.54, 1.807) is 18.3 Å². The van der Waals surface area contributed by atoms with E-state index in [-0.39, 0.29) is 5.91 Å². The van der Waals surface area contributed by atoms with Gasteiger partial charge >= 0.3 is 6.18 Å². The van der Waals surface area contributed by atoms with Gasteiger partial charge in [-0.1, -0.05) is 0 Å². The maximum absolute atomic E-state index is 12.8. The summed E-state index contributed by atoms with van der Waals surface area (Å²) in [5.74, 6) is -0.255. The van der Waals surface area contributed by atoms with E-state index in [1.165, 1.54) is 19.2 Å². The van der Waals surface area contributed by atoms with Crippen LogP contribution in [0.5, 0.6) is 0 Å². The molecule has 1 aromatic carbocycles. The van der Waals surface area contributed by atoms with Crippen LogP contribution in [0, 0.1) is 0 Å². The number of carbonyl (C=O) groups is 1. The van der Waals surface area contributed by atoms with Crippen LogP contribution in [-0.4, -0.2) is 15.9 Å². The molecular weight excluding hydrogens is 307 g/mol. The average molecular weight is 319 g/mol. The number of nitrogens with zero attached hydrogens (tertiary/aromatic N) is 1. The number of rotatable bonds is 2. The second kappa shape index (κ2) is 5.42. The number of pyridine rings is 1. The summed E-state index contributed by atoms with van der Waals surface area (Å²) in [6, 6.07) is 6.81. The SMILES string of the molecule is CC(=O)Nc1cnccc1-c1cc2cc(C(F)(F)F)ccc2[nH]1. The number of H-pyrrole nitrogens is 1. The largest absolute Gasteiger partial charge is 0.416 e. The van der Waals surface area contributed by atoms with E-state index < -0.39 is 11.7 Å². The Balaban J connectivity index is 2.09. The van der Waals surface area contributed by atoms with E-state index in [9.17, 15) is 18.0 Å². The number of hydrogen-bond acceptors (Lipinski definition) is 2. The summed E-state index contributed by atoms with van der Waals surface area (Å²) in [6.07, 6.45) is -1.35. The normalized spacial score (nSPS) is 11.7. The zero-order chi connectivity index (χ0) is 16.6. The number of carbonyl (C=O) groups excluding carboxylic acids is 1. The number of fused-ring (bicyclic) bond motifs is 1. The number of amides is 1. The Hall–Kier alpha value is -2.83. The number of aromatic amines is 1. The molecule has 0 spiro atoms. The van der Waals surface area contributed by atoms with Crippen molar-refractivity contribution in [2.75, 3.05) is 5.32 Å². The van der Waals surface area contributed by atoms with E-state index >= 15 is 0 Å². The minimum absolute atomic E-state index is 0.255. The Morgan fingerprint density at radius 3 is 2.70 bits per heavy atom. The summed E-state index contributed by atoms with van der Waals surface area (Å²) in [5, 5.41) is 3.10. The quantitative estimate of drug-likeness (QED) is 0.743. The van der Waals surface area contributed by atoms with Gasteiger partial charge in [-0.05, 0) is 30.3 Å². The standard InChI is InChI=1S/C16H12F3N3O/c1-9(23)21-15-8-20-5-4-12(15)14-7-10-6-11(16(17,18)19)2-3-13(10)22-14/h2-8,22H,1H3,(H,21,23). The molecular formula is C16H12F3N3O. The maximum atomic E-state index is 12.8. The molecule has 0 aliphatic heterocycles. The number of alkyl halides is 3. The fourth-order valence-corrected chi connectivity index (χ4v) is 2.37. The first kappa shape index (κ1) is 15.1. The molecule has 0 saturated carbocycles. The van der Waals surface area contributed by atoms with Crippen molar-refractivity contribution in [3.05, 3.63) is 48.3 Å². The summed E-state index contributed by atoms with van der Waals surface area (Å²) in [7, 11) is 0. The molecule has 0 saturated heterocycles. The number of nitrogens with one attached hydrogen (secondary N) is 2. The zero-order valence-corrected chi connectivity index (χ0v) is 12.0. The third-order valence-corrected chi connectivity index (χ3v) is 3.37. The lowest BCUT2D eigenvalue weighted by atomic mass is 10.1. The van der Waals surface area contributed by atoms with E-state index in [0.717, 1.165) is 12.1 Å². The van der Waals surface area contributed by atoms with Gasteiger partial charge in [-0.25, -0.2) is 0 Å². The van der Waals surface area contributed by atoms with Crippen LogP contribution in [0.4, 0.5) is 18.9 Å². The minimum atomic E-state index is -4.39. The molecule has 23 heavy (non-hydrogen) atoms. The smallest absolute Gasteiger partial charge is 0.354 e. The number of halogens is 3. The van der Waals surface area contributed by atoms with Gasteiger partial charge in [0.1, 0.15) is 0 Å². The molecule has 0 atom stereocenters. The van der Waals surface area contributed by atoms with Gasteiger partial charge in [-0.3, -0.25) is 9.78 Å². The van der Waals surface area contributed by atoms with Crippen molar-refractivity contribution in [1.82, 2.24) is 9.97 Å². The third-order valence-electron chi connectivity index (χ3n) is 3.37. The summed E-state index contributed by atoms with van der Waals surface area (Å²) in [6.45, 7) is 1.37. The first-order valence-corrected chi connectivity index (χ1v) is 6.76. The van der Waals surface area contributed by atoms with Crippen molar-refractivity contribution < 1.29 is 18.0 Å². The highest BCUT2D eigenvalue weighted by Gasteiger charge is 2.30. The summed E-state index contributed by atoms with van der Waals surface area (Å²) in [5.41, 5.74) is 1.62. The monoisotopic (exact) mass is 319 g/mol. The molecule has 2 heterocycles. The Morgan fingerprint density at radius 2 is 2.00 bits per heavy atom. The Morgan fingerprint density at radius 1 is 1.22 bits per heavy atom. The average Bonchev–Trinajstić information content (AvgIpc) is 2.89. The van der Waals surface area contributed by atoms with Crippen molar-refractivity contribution >= 4 is 22.5 Å². The molecule has 7 heteroatoms. The Labute approximate surface area is 129 Å². The van der Waals surface area contributed by atoms with Crippen molar-refractivity contribution in [2.45, 2.75) is 13.1 Å². The van der Waals surface area contributed by atoms with Crippen LogP contribution >= 0.6 is 0 Å². The van der Waals surface area contributed by atoms with Crippen molar-refractivity contribution in [2.24, 2.45) is 0 Å². The maximum Gasteiger partial charge on any atom is 0.416 e. The Kier molecular flexibility index (Phi) is 3.55. The molecule has 3 aromatic rings. The highest BCUT2D eigenvalue weighted by molar-refractivity contribution is 5.95. The summed E-state index contributed by atoms with van der Waals surface area (Å²) < 4.78 is 38.4. The first-order chi connectivity index (χ1) is 10.8.